The molecule has 25 heavy (non-hydrogen) atoms. The largest absolute Gasteiger partial charge is 0.338 e. The number of carbonyl (C=O) groups is 2. The molecule has 0 saturated heterocycles. The molecule has 5 nitrogen and oxygen atoms in total. The maximum atomic E-state index is 12.0. The maximum Gasteiger partial charge on any atom is 0.315 e. The van der Waals surface area contributed by atoms with Crippen LogP contribution < -0.4 is 16.0 Å². The van der Waals surface area contributed by atoms with Crippen LogP contribution in [0.3, 0.4) is 0 Å². The Labute approximate surface area is 151 Å². The number of nitrogens with one attached hydrogen (secondary N) is 3. The molecule has 0 radical (unpaired) electrons. The van der Waals surface area contributed by atoms with Crippen molar-refractivity contribution in [2.45, 2.75) is 70.8 Å². The third kappa shape index (κ3) is 7.59. The predicted molar refractivity (Wildman–Crippen MR) is 102 cm³/mol. The van der Waals surface area contributed by atoms with Gasteiger partial charge in [0, 0.05) is 24.7 Å². The molecular formula is C20H31N3O2. The van der Waals surface area contributed by atoms with Crippen molar-refractivity contribution in [3.63, 3.8) is 0 Å². The lowest BCUT2D eigenvalue weighted by atomic mass is 9.96. The third-order valence-electron chi connectivity index (χ3n) is 4.63. The predicted octanol–water partition coefficient (Wildman–Crippen LogP) is 3.99. The highest BCUT2D eigenvalue weighted by molar-refractivity contribution is 5.91. The van der Waals surface area contributed by atoms with E-state index in [1.165, 1.54) is 37.7 Å². The lowest BCUT2D eigenvalue weighted by Crippen LogP contribution is -2.43. The number of urea groups is 1. The molecule has 0 unspecified atom stereocenters. The number of hydrogen-bond acceptors (Lipinski definition) is 2. The van der Waals surface area contributed by atoms with E-state index in [-0.39, 0.29) is 24.4 Å². The van der Waals surface area contributed by atoms with Gasteiger partial charge in [-0.05, 0) is 43.4 Å². The van der Waals surface area contributed by atoms with Crippen molar-refractivity contribution in [1.82, 2.24) is 10.6 Å². The molecule has 1 aromatic carbocycles. The normalized spacial score (nSPS) is 14.8. The number of benzene rings is 1. The van der Waals surface area contributed by atoms with Crippen LogP contribution in [-0.2, 0) is 11.2 Å². The molecule has 0 heterocycles. The second-order valence-electron chi connectivity index (χ2n) is 6.83. The minimum absolute atomic E-state index is 0.0840. The summed E-state index contributed by atoms with van der Waals surface area (Å²) in [5.74, 6) is -0.0840. The molecule has 0 aliphatic heterocycles. The zero-order valence-corrected chi connectivity index (χ0v) is 15.3. The Bertz CT molecular complexity index is 536. The van der Waals surface area contributed by atoms with Crippen LogP contribution >= 0.6 is 0 Å². The number of anilines is 1. The average Bonchev–Trinajstić information content (AvgIpc) is 2.62. The van der Waals surface area contributed by atoms with Gasteiger partial charge in [0.2, 0.25) is 5.91 Å². The highest BCUT2D eigenvalue weighted by Gasteiger charge is 2.15. The van der Waals surface area contributed by atoms with Crippen molar-refractivity contribution in [3.05, 3.63) is 29.8 Å². The zero-order valence-electron chi connectivity index (χ0n) is 15.3. The molecule has 1 aliphatic carbocycles. The van der Waals surface area contributed by atoms with Crippen LogP contribution in [0.15, 0.2) is 24.3 Å². The van der Waals surface area contributed by atoms with Gasteiger partial charge in [0.05, 0.1) is 0 Å². The van der Waals surface area contributed by atoms with Crippen LogP contribution in [0.4, 0.5) is 10.5 Å². The minimum Gasteiger partial charge on any atom is -0.338 e. The number of amides is 3. The van der Waals surface area contributed by atoms with E-state index in [2.05, 4.69) is 35.0 Å². The molecule has 1 fully saturated rings. The molecule has 0 atom stereocenters. The fourth-order valence-corrected chi connectivity index (χ4v) is 3.13. The molecule has 1 saturated carbocycles. The van der Waals surface area contributed by atoms with Crippen LogP contribution in [0.25, 0.3) is 0 Å². The Kier molecular flexibility index (Phi) is 8.29. The van der Waals surface area contributed by atoms with Gasteiger partial charge in [-0.3, -0.25) is 4.79 Å². The summed E-state index contributed by atoms with van der Waals surface area (Å²) in [6.07, 6.45) is 9.46. The summed E-state index contributed by atoms with van der Waals surface area (Å²) in [4.78, 5) is 23.8. The number of hydrogen-bond donors (Lipinski definition) is 3. The maximum absolute atomic E-state index is 12.0. The van der Waals surface area contributed by atoms with Crippen molar-refractivity contribution in [2.75, 3.05) is 11.9 Å². The van der Waals surface area contributed by atoms with Crippen LogP contribution in [0.1, 0.15) is 63.9 Å². The first-order valence-electron chi connectivity index (χ1n) is 9.60. The van der Waals surface area contributed by atoms with E-state index in [9.17, 15) is 9.59 Å². The van der Waals surface area contributed by atoms with Gasteiger partial charge >= 0.3 is 6.03 Å². The van der Waals surface area contributed by atoms with E-state index in [0.717, 1.165) is 24.9 Å². The zero-order chi connectivity index (χ0) is 17.9. The SMILES string of the molecule is CCCCc1ccc(NC(=O)CCNC(=O)NC2CCCCC2)cc1. The monoisotopic (exact) mass is 345 g/mol. The van der Waals surface area contributed by atoms with E-state index in [0.29, 0.717) is 6.54 Å². The summed E-state index contributed by atoms with van der Waals surface area (Å²) >= 11 is 0. The molecule has 5 heteroatoms. The fourth-order valence-electron chi connectivity index (χ4n) is 3.13. The molecular weight excluding hydrogens is 314 g/mol. The summed E-state index contributed by atoms with van der Waals surface area (Å²) in [7, 11) is 0. The first kappa shape index (κ1) is 19.3. The molecule has 2 rings (SSSR count). The van der Waals surface area contributed by atoms with Gasteiger partial charge in [0.1, 0.15) is 0 Å². The van der Waals surface area contributed by atoms with Crippen LogP contribution in [0.2, 0.25) is 0 Å². The van der Waals surface area contributed by atoms with Gasteiger partial charge in [0.25, 0.3) is 0 Å². The average molecular weight is 345 g/mol. The second kappa shape index (κ2) is 10.7. The highest BCUT2D eigenvalue weighted by atomic mass is 16.2. The van der Waals surface area contributed by atoms with E-state index in [1.807, 2.05) is 12.1 Å². The van der Waals surface area contributed by atoms with Crippen molar-refractivity contribution in [1.29, 1.82) is 0 Å². The Balaban J connectivity index is 1.62. The summed E-state index contributed by atoms with van der Waals surface area (Å²) < 4.78 is 0. The van der Waals surface area contributed by atoms with Crippen LogP contribution in [0, 0.1) is 0 Å². The smallest absolute Gasteiger partial charge is 0.315 e. The van der Waals surface area contributed by atoms with E-state index < -0.39 is 0 Å². The summed E-state index contributed by atoms with van der Waals surface area (Å²) in [6, 6.07) is 8.11. The van der Waals surface area contributed by atoms with Crippen LogP contribution in [-0.4, -0.2) is 24.5 Å². The second-order valence-corrected chi connectivity index (χ2v) is 6.83. The number of carbonyl (C=O) groups excluding carboxylic acids is 2. The Morgan fingerprint density at radius 3 is 2.48 bits per heavy atom. The molecule has 1 aromatic rings. The van der Waals surface area contributed by atoms with Crippen molar-refractivity contribution in [3.8, 4) is 0 Å². The highest BCUT2D eigenvalue weighted by Crippen LogP contribution is 2.17. The molecule has 3 N–H and O–H groups in total. The quantitative estimate of drug-likeness (QED) is 0.667. The number of unbranched alkanes of at least 4 members (excludes halogenated alkanes) is 1. The molecule has 3 amide bonds. The molecule has 138 valence electrons. The van der Waals surface area contributed by atoms with Gasteiger partial charge in [0.15, 0.2) is 0 Å². The molecule has 1 aliphatic rings. The van der Waals surface area contributed by atoms with Gasteiger partial charge in [-0.15, -0.1) is 0 Å². The van der Waals surface area contributed by atoms with Gasteiger partial charge in [-0.25, -0.2) is 4.79 Å². The molecule has 0 aromatic heterocycles. The van der Waals surface area contributed by atoms with E-state index in [4.69, 9.17) is 0 Å². The summed E-state index contributed by atoms with van der Waals surface area (Å²) in [5.41, 5.74) is 2.10. The molecule has 0 spiro atoms. The van der Waals surface area contributed by atoms with Crippen LogP contribution in [0.5, 0.6) is 0 Å². The standard InChI is InChI=1S/C20H31N3O2/c1-2-3-7-16-10-12-18(13-11-16)22-19(24)14-15-21-20(25)23-17-8-5-4-6-9-17/h10-13,17H,2-9,14-15H2,1H3,(H,22,24)(H2,21,23,25). The summed E-state index contributed by atoms with van der Waals surface area (Å²) in [6.45, 7) is 2.52. The summed E-state index contributed by atoms with van der Waals surface area (Å²) in [5, 5.41) is 8.62. The first-order chi connectivity index (χ1) is 12.2. The Morgan fingerprint density at radius 1 is 1.08 bits per heavy atom. The van der Waals surface area contributed by atoms with E-state index >= 15 is 0 Å². The minimum atomic E-state index is -0.167. The number of aryl methyl sites for hydroxylation is 1. The molecule has 0 bridgehead atoms. The topological polar surface area (TPSA) is 70.2 Å². The van der Waals surface area contributed by atoms with E-state index in [1.54, 1.807) is 0 Å². The lowest BCUT2D eigenvalue weighted by Gasteiger charge is -2.22. The van der Waals surface area contributed by atoms with Crippen molar-refractivity contribution in [2.24, 2.45) is 0 Å². The van der Waals surface area contributed by atoms with Gasteiger partial charge < -0.3 is 16.0 Å². The van der Waals surface area contributed by atoms with Gasteiger partial charge in [-0.2, -0.15) is 0 Å². The Hall–Kier alpha value is -2.04. The first-order valence-corrected chi connectivity index (χ1v) is 9.60. The Morgan fingerprint density at radius 2 is 1.80 bits per heavy atom. The van der Waals surface area contributed by atoms with Crippen molar-refractivity contribution < 1.29 is 9.59 Å². The number of rotatable bonds is 8. The fraction of sp³-hybridized carbons (Fsp3) is 0.600. The van der Waals surface area contributed by atoms with Crippen molar-refractivity contribution >= 4 is 17.6 Å². The lowest BCUT2D eigenvalue weighted by molar-refractivity contribution is -0.116. The third-order valence-corrected chi connectivity index (χ3v) is 4.63. The van der Waals surface area contributed by atoms with Gasteiger partial charge in [-0.1, -0.05) is 44.7 Å².